The number of amides is 2. The number of nitrogens with zero attached hydrogens (tertiary/aromatic N) is 1. The van der Waals surface area contributed by atoms with Crippen molar-refractivity contribution < 1.29 is 9.59 Å². The molecule has 0 fully saturated rings. The smallest absolute Gasteiger partial charge is 0.309 e. The number of rotatable bonds is 6. The highest BCUT2D eigenvalue weighted by molar-refractivity contribution is 7.10. The fraction of sp³-hybridized carbons (Fsp3) is 0.400. The van der Waals surface area contributed by atoms with Crippen LogP contribution in [0.3, 0.4) is 0 Å². The van der Waals surface area contributed by atoms with E-state index in [-0.39, 0.29) is 6.04 Å². The maximum Gasteiger partial charge on any atom is 0.309 e. The fourth-order valence-corrected chi connectivity index (χ4v) is 4.02. The zero-order valence-corrected chi connectivity index (χ0v) is 16.0. The number of carbonyl (C=O) groups is 2. The van der Waals surface area contributed by atoms with Gasteiger partial charge in [0.25, 0.3) is 0 Å². The molecule has 2 aromatic rings. The number of fused-ring (bicyclic) bond motifs is 1. The maximum atomic E-state index is 12.2. The van der Waals surface area contributed by atoms with Crippen LogP contribution in [0.4, 0.5) is 5.69 Å². The van der Waals surface area contributed by atoms with Crippen LogP contribution in [-0.2, 0) is 16.0 Å². The SMILES string of the molecule is CC(C)CNC(=O)C(=O)NCC(c1cccs1)N1CCc2ccccc21. The Labute approximate surface area is 158 Å². The van der Waals surface area contributed by atoms with Gasteiger partial charge in [0.2, 0.25) is 0 Å². The molecule has 0 aliphatic carbocycles. The zero-order chi connectivity index (χ0) is 18.5. The Bertz CT molecular complexity index is 758. The summed E-state index contributed by atoms with van der Waals surface area (Å²) in [5.41, 5.74) is 2.54. The van der Waals surface area contributed by atoms with Gasteiger partial charge in [0.15, 0.2) is 0 Å². The lowest BCUT2D eigenvalue weighted by Gasteiger charge is -2.30. The standard InChI is InChI=1S/C20H25N3O2S/c1-14(2)12-21-19(24)20(25)22-13-17(18-8-5-11-26-18)23-10-9-15-6-3-4-7-16(15)23/h3-8,11,14,17H,9-10,12-13H2,1-2H3,(H,21,24)(H,22,25). The zero-order valence-electron chi connectivity index (χ0n) is 15.2. The summed E-state index contributed by atoms with van der Waals surface area (Å²) in [5, 5.41) is 7.52. The Morgan fingerprint density at radius 1 is 1.08 bits per heavy atom. The molecule has 2 N–H and O–H groups in total. The van der Waals surface area contributed by atoms with E-state index < -0.39 is 11.8 Å². The summed E-state index contributed by atoms with van der Waals surface area (Å²) in [6.07, 6.45) is 1.00. The van der Waals surface area contributed by atoms with E-state index in [1.54, 1.807) is 11.3 Å². The Morgan fingerprint density at radius 2 is 1.81 bits per heavy atom. The number of hydrogen-bond donors (Lipinski definition) is 2. The predicted octanol–water partition coefficient (Wildman–Crippen LogP) is 2.74. The number of thiophene rings is 1. The minimum atomic E-state index is -0.570. The number of anilines is 1. The summed E-state index contributed by atoms with van der Waals surface area (Å²) in [5.74, 6) is -0.822. The van der Waals surface area contributed by atoms with Crippen molar-refractivity contribution in [1.82, 2.24) is 10.6 Å². The third kappa shape index (κ3) is 4.25. The van der Waals surface area contributed by atoms with Crippen molar-refractivity contribution in [1.29, 1.82) is 0 Å². The largest absolute Gasteiger partial charge is 0.361 e. The van der Waals surface area contributed by atoms with Crippen molar-refractivity contribution in [2.45, 2.75) is 26.3 Å². The lowest BCUT2D eigenvalue weighted by atomic mass is 10.1. The lowest BCUT2D eigenvalue weighted by molar-refractivity contribution is -0.139. The molecule has 1 aromatic heterocycles. The average molecular weight is 372 g/mol. The first-order valence-corrected chi connectivity index (χ1v) is 9.88. The van der Waals surface area contributed by atoms with Gasteiger partial charge in [-0.1, -0.05) is 38.1 Å². The summed E-state index contributed by atoms with van der Waals surface area (Å²) in [4.78, 5) is 27.6. The highest BCUT2D eigenvalue weighted by Crippen LogP contribution is 2.36. The minimum absolute atomic E-state index is 0.0282. The van der Waals surface area contributed by atoms with E-state index in [0.717, 1.165) is 13.0 Å². The van der Waals surface area contributed by atoms with Crippen LogP contribution in [0, 0.1) is 5.92 Å². The molecular weight excluding hydrogens is 346 g/mol. The van der Waals surface area contributed by atoms with Gasteiger partial charge in [0.05, 0.1) is 6.04 Å². The highest BCUT2D eigenvalue weighted by atomic mass is 32.1. The fourth-order valence-electron chi connectivity index (χ4n) is 3.18. The summed E-state index contributed by atoms with van der Waals surface area (Å²) >= 11 is 1.67. The quantitative estimate of drug-likeness (QED) is 0.768. The average Bonchev–Trinajstić information content (AvgIpc) is 3.30. The maximum absolute atomic E-state index is 12.2. The van der Waals surface area contributed by atoms with Gasteiger partial charge >= 0.3 is 11.8 Å². The number of hydrogen-bond acceptors (Lipinski definition) is 4. The van der Waals surface area contributed by atoms with Gasteiger partial charge in [-0.3, -0.25) is 9.59 Å². The summed E-state index contributed by atoms with van der Waals surface area (Å²) in [6, 6.07) is 12.5. The van der Waals surface area contributed by atoms with E-state index in [0.29, 0.717) is 19.0 Å². The van der Waals surface area contributed by atoms with Gasteiger partial charge in [-0.25, -0.2) is 0 Å². The van der Waals surface area contributed by atoms with Gasteiger partial charge in [-0.2, -0.15) is 0 Å². The monoisotopic (exact) mass is 371 g/mol. The first-order chi connectivity index (χ1) is 12.6. The normalized spacial score (nSPS) is 14.2. The first-order valence-electron chi connectivity index (χ1n) is 9.00. The van der Waals surface area contributed by atoms with Crippen molar-refractivity contribution in [2.75, 3.05) is 24.5 Å². The van der Waals surface area contributed by atoms with Crippen molar-refractivity contribution in [2.24, 2.45) is 5.92 Å². The summed E-state index contributed by atoms with van der Waals surface area (Å²) in [7, 11) is 0. The third-order valence-electron chi connectivity index (χ3n) is 4.50. The summed E-state index contributed by atoms with van der Waals surface area (Å²) < 4.78 is 0. The van der Waals surface area contributed by atoms with Crippen LogP contribution in [0.15, 0.2) is 41.8 Å². The second-order valence-electron chi connectivity index (χ2n) is 6.92. The number of benzene rings is 1. The van der Waals surface area contributed by atoms with Crippen LogP contribution in [0.5, 0.6) is 0 Å². The molecule has 2 amide bonds. The van der Waals surface area contributed by atoms with Gasteiger partial charge < -0.3 is 15.5 Å². The van der Waals surface area contributed by atoms with E-state index >= 15 is 0 Å². The van der Waals surface area contributed by atoms with Crippen LogP contribution in [-0.4, -0.2) is 31.4 Å². The molecule has 2 heterocycles. The predicted molar refractivity (Wildman–Crippen MR) is 105 cm³/mol. The van der Waals surface area contributed by atoms with Crippen molar-refractivity contribution in [3.8, 4) is 0 Å². The Hall–Kier alpha value is -2.34. The topological polar surface area (TPSA) is 61.4 Å². The second-order valence-corrected chi connectivity index (χ2v) is 7.90. The molecular formula is C20H25N3O2S. The lowest BCUT2D eigenvalue weighted by Crippen LogP contribution is -2.44. The van der Waals surface area contributed by atoms with Crippen LogP contribution < -0.4 is 15.5 Å². The van der Waals surface area contributed by atoms with Crippen LogP contribution >= 0.6 is 11.3 Å². The van der Waals surface area contributed by atoms with E-state index in [1.165, 1.54) is 16.1 Å². The van der Waals surface area contributed by atoms with E-state index in [2.05, 4.69) is 39.8 Å². The van der Waals surface area contributed by atoms with Crippen molar-refractivity contribution >= 4 is 28.8 Å². The molecule has 3 rings (SSSR count). The Morgan fingerprint density at radius 3 is 2.50 bits per heavy atom. The molecule has 26 heavy (non-hydrogen) atoms. The summed E-state index contributed by atoms with van der Waals surface area (Å²) in [6.45, 7) is 5.81. The molecule has 0 saturated heterocycles. The molecule has 1 unspecified atom stereocenters. The number of nitrogens with one attached hydrogen (secondary N) is 2. The molecule has 1 atom stereocenters. The van der Waals surface area contributed by atoms with E-state index in [1.807, 2.05) is 31.4 Å². The first kappa shape index (κ1) is 18.5. The van der Waals surface area contributed by atoms with Gasteiger partial charge in [-0.05, 0) is 35.4 Å². The molecule has 138 valence electrons. The van der Waals surface area contributed by atoms with E-state index in [4.69, 9.17) is 0 Å². The Kier molecular flexibility index (Phi) is 5.93. The molecule has 1 aromatic carbocycles. The van der Waals surface area contributed by atoms with Crippen LogP contribution in [0.25, 0.3) is 0 Å². The third-order valence-corrected chi connectivity index (χ3v) is 5.48. The van der Waals surface area contributed by atoms with Gasteiger partial charge in [0.1, 0.15) is 0 Å². The van der Waals surface area contributed by atoms with Crippen LogP contribution in [0.2, 0.25) is 0 Å². The van der Waals surface area contributed by atoms with E-state index in [9.17, 15) is 9.59 Å². The molecule has 0 saturated carbocycles. The van der Waals surface area contributed by atoms with Gasteiger partial charge in [-0.15, -0.1) is 11.3 Å². The Balaban J connectivity index is 1.69. The number of para-hydroxylation sites is 1. The van der Waals surface area contributed by atoms with Crippen LogP contribution in [0.1, 0.15) is 30.3 Å². The molecule has 0 bridgehead atoms. The molecule has 0 radical (unpaired) electrons. The van der Waals surface area contributed by atoms with Crippen molar-refractivity contribution in [3.63, 3.8) is 0 Å². The molecule has 1 aliphatic rings. The molecule has 5 nitrogen and oxygen atoms in total. The second kappa shape index (κ2) is 8.36. The minimum Gasteiger partial charge on any atom is -0.361 e. The highest BCUT2D eigenvalue weighted by Gasteiger charge is 2.28. The molecule has 1 aliphatic heterocycles. The molecule has 6 heteroatoms. The number of carbonyl (C=O) groups excluding carboxylic acids is 2. The van der Waals surface area contributed by atoms with Gasteiger partial charge in [0, 0.05) is 30.2 Å². The van der Waals surface area contributed by atoms with Crippen molar-refractivity contribution in [3.05, 3.63) is 52.2 Å². The molecule has 0 spiro atoms.